The predicted octanol–water partition coefficient (Wildman–Crippen LogP) is 1.38. The number of benzene rings is 1. The number of hydrogen-bond donors (Lipinski definition) is 0. The van der Waals surface area contributed by atoms with Gasteiger partial charge in [0.15, 0.2) is 0 Å². The molecule has 0 N–H and O–H groups in total. The minimum atomic E-state index is 0.159. The third-order valence-electron chi connectivity index (χ3n) is 3.48. The first kappa shape index (κ1) is 14.7. The van der Waals surface area contributed by atoms with E-state index in [1.54, 1.807) is 14.0 Å². The summed E-state index contributed by atoms with van der Waals surface area (Å²) in [6.07, 6.45) is 0. The van der Waals surface area contributed by atoms with Gasteiger partial charge in [0, 0.05) is 45.9 Å². The van der Waals surface area contributed by atoms with E-state index in [9.17, 15) is 4.79 Å². The van der Waals surface area contributed by atoms with Crippen LogP contribution in [0.4, 0.5) is 5.69 Å². The fourth-order valence-electron chi connectivity index (χ4n) is 2.28. The lowest BCUT2D eigenvalue weighted by atomic mass is 10.2. The molecule has 1 aromatic carbocycles. The molecule has 5 nitrogen and oxygen atoms in total. The molecule has 1 aliphatic heterocycles. The van der Waals surface area contributed by atoms with Crippen LogP contribution in [0.3, 0.4) is 0 Å². The Bertz CT molecular complexity index is 425. The van der Waals surface area contributed by atoms with E-state index >= 15 is 0 Å². The van der Waals surface area contributed by atoms with Crippen LogP contribution in [-0.2, 0) is 9.53 Å². The Morgan fingerprint density at radius 3 is 2.30 bits per heavy atom. The van der Waals surface area contributed by atoms with Gasteiger partial charge in [0.25, 0.3) is 0 Å². The van der Waals surface area contributed by atoms with E-state index in [1.165, 1.54) is 5.69 Å². The zero-order valence-electron chi connectivity index (χ0n) is 12.2. The number of anilines is 1. The van der Waals surface area contributed by atoms with Crippen LogP contribution in [0.5, 0.6) is 5.75 Å². The number of hydrogen-bond acceptors (Lipinski definition) is 4. The first-order valence-electron chi connectivity index (χ1n) is 6.93. The van der Waals surface area contributed by atoms with Crippen LogP contribution in [0.2, 0.25) is 0 Å². The monoisotopic (exact) mass is 278 g/mol. The number of rotatable bonds is 5. The molecular weight excluding hydrogens is 256 g/mol. The topological polar surface area (TPSA) is 42.0 Å². The van der Waals surface area contributed by atoms with Gasteiger partial charge in [0.2, 0.25) is 5.91 Å². The van der Waals surface area contributed by atoms with Gasteiger partial charge in [-0.2, -0.15) is 0 Å². The van der Waals surface area contributed by atoms with Crippen molar-refractivity contribution < 1.29 is 14.3 Å². The molecule has 110 valence electrons. The number of carbonyl (C=O) groups excluding carboxylic acids is 1. The maximum atomic E-state index is 11.3. The van der Waals surface area contributed by atoms with Gasteiger partial charge in [-0.1, -0.05) is 0 Å². The van der Waals surface area contributed by atoms with E-state index in [4.69, 9.17) is 9.47 Å². The van der Waals surface area contributed by atoms with E-state index in [2.05, 4.69) is 17.0 Å². The molecule has 0 radical (unpaired) electrons. The Balaban J connectivity index is 1.86. The Labute approximate surface area is 120 Å². The predicted molar refractivity (Wildman–Crippen MR) is 78.3 cm³/mol. The van der Waals surface area contributed by atoms with Crippen LogP contribution in [0, 0.1) is 0 Å². The molecule has 5 heteroatoms. The number of carbonyl (C=O) groups is 1. The summed E-state index contributed by atoms with van der Waals surface area (Å²) in [6, 6.07) is 8.07. The highest BCUT2D eigenvalue weighted by molar-refractivity contribution is 5.73. The standard InChI is InChI=1S/C15H22N2O3/c1-13(18)16-7-9-17(10-8-16)14-3-5-15(6-4-14)20-12-11-19-2/h3-6H,7-12H2,1-2H3. The zero-order valence-corrected chi connectivity index (χ0v) is 12.2. The molecule has 0 saturated carbocycles. The number of methoxy groups -OCH3 is 1. The van der Waals surface area contributed by atoms with Crippen LogP contribution in [0.25, 0.3) is 0 Å². The van der Waals surface area contributed by atoms with Crippen molar-refractivity contribution >= 4 is 11.6 Å². The molecule has 1 saturated heterocycles. The van der Waals surface area contributed by atoms with Gasteiger partial charge in [-0.25, -0.2) is 0 Å². The van der Waals surface area contributed by atoms with Gasteiger partial charge in [-0.15, -0.1) is 0 Å². The SMILES string of the molecule is COCCOc1ccc(N2CCN(C(C)=O)CC2)cc1. The normalized spacial score (nSPS) is 15.3. The molecule has 1 fully saturated rings. The molecule has 0 unspecified atom stereocenters. The van der Waals surface area contributed by atoms with E-state index in [0.717, 1.165) is 31.9 Å². The molecule has 1 aliphatic rings. The van der Waals surface area contributed by atoms with E-state index in [0.29, 0.717) is 13.2 Å². The smallest absolute Gasteiger partial charge is 0.219 e. The molecule has 1 aromatic rings. The molecule has 0 aromatic heterocycles. The lowest BCUT2D eigenvalue weighted by molar-refractivity contribution is -0.129. The van der Waals surface area contributed by atoms with Crippen molar-refractivity contribution in [1.29, 1.82) is 0 Å². The fraction of sp³-hybridized carbons (Fsp3) is 0.533. The summed E-state index contributed by atoms with van der Waals surface area (Å²) in [5.74, 6) is 1.01. The Morgan fingerprint density at radius 2 is 1.75 bits per heavy atom. The summed E-state index contributed by atoms with van der Waals surface area (Å²) < 4.78 is 10.5. The van der Waals surface area contributed by atoms with Crippen molar-refractivity contribution in [2.24, 2.45) is 0 Å². The highest BCUT2D eigenvalue weighted by atomic mass is 16.5. The summed E-state index contributed by atoms with van der Waals surface area (Å²) in [5.41, 5.74) is 1.17. The van der Waals surface area contributed by atoms with E-state index in [-0.39, 0.29) is 5.91 Å². The zero-order chi connectivity index (χ0) is 14.4. The summed E-state index contributed by atoms with van der Waals surface area (Å²) in [5, 5.41) is 0. The minimum Gasteiger partial charge on any atom is -0.491 e. The summed E-state index contributed by atoms with van der Waals surface area (Å²) >= 11 is 0. The third kappa shape index (κ3) is 3.87. The molecule has 1 heterocycles. The van der Waals surface area contributed by atoms with Gasteiger partial charge in [-0.3, -0.25) is 4.79 Å². The number of piperazine rings is 1. The van der Waals surface area contributed by atoms with Gasteiger partial charge in [0.05, 0.1) is 6.61 Å². The molecule has 0 bridgehead atoms. The highest BCUT2D eigenvalue weighted by Crippen LogP contribution is 2.20. The first-order chi connectivity index (χ1) is 9.70. The van der Waals surface area contributed by atoms with E-state index < -0.39 is 0 Å². The quantitative estimate of drug-likeness (QED) is 0.763. The lowest BCUT2D eigenvalue weighted by Gasteiger charge is -2.35. The minimum absolute atomic E-state index is 0.159. The molecule has 1 amide bonds. The molecule has 2 rings (SSSR count). The average molecular weight is 278 g/mol. The number of amides is 1. The van der Waals surface area contributed by atoms with Crippen molar-refractivity contribution in [3.8, 4) is 5.75 Å². The van der Waals surface area contributed by atoms with Crippen molar-refractivity contribution in [2.75, 3.05) is 51.4 Å². The lowest BCUT2D eigenvalue weighted by Crippen LogP contribution is -2.48. The molecule has 20 heavy (non-hydrogen) atoms. The first-order valence-corrected chi connectivity index (χ1v) is 6.93. The highest BCUT2D eigenvalue weighted by Gasteiger charge is 2.18. The average Bonchev–Trinajstić information content (AvgIpc) is 2.48. The Hall–Kier alpha value is -1.75. The Kier molecular flexibility index (Phi) is 5.24. The summed E-state index contributed by atoms with van der Waals surface area (Å²) in [6.45, 7) is 6.12. The van der Waals surface area contributed by atoms with Gasteiger partial charge >= 0.3 is 0 Å². The van der Waals surface area contributed by atoms with Crippen LogP contribution < -0.4 is 9.64 Å². The largest absolute Gasteiger partial charge is 0.491 e. The van der Waals surface area contributed by atoms with Gasteiger partial charge < -0.3 is 19.3 Å². The molecular formula is C15H22N2O3. The third-order valence-corrected chi connectivity index (χ3v) is 3.48. The maximum absolute atomic E-state index is 11.3. The van der Waals surface area contributed by atoms with Crippen molar-refractivity contribution in [3.05, 3.63) is 24.3 Å². The second-order valence-electron chi connectivity index (χ2n) is 4.83. The van der Waals surface area contributed by atoms with E-state index in [1.807, 2.05) is 17.0 Å². The van der Waals surface area contributed by atoms with Crippen molar-refractivity contribution in [3.63, 3.8) is 0 Å². The fourth-order valence-corrected chi connectivity index (χ4v) is 2.28. The molecule has 0 atom stereocenters. The number of ether oxygens (including phenoxy) is 2. The van der Waals surface area contributed by atoms with Crippen molar-refractivity contribution in [1.82, 2.24) is 4.90 Å². The Morgan fingerprint density at radius 1 is 1.10 bits per heavy atom. The van der Waals surface area contributed by atoms with Crippen LogP contribution >= 0.6 is 0 Å². The number of nitrogens with zero attached hydrogens (tertiary/aromatic N) is 2. The maximum Gasteiger partial charge on any atom is 0.219 e. The van der Waals surface area contributed by atoms with Crippen LogP contribution in [0.1, 0.15) is 6.92 Å². The van der Waals surface area contributed by atoms with Crippen LogP contribution in [-0.4, -0.2) is 57.3 Å². The van der Waals surface area contributed by atoms with Gasteiger partial charge in [0.1, 0.15) is 12.4 Å². The summed E-state index contributed by atoms with van der Waals surface area (Å²) in [4.78, 5) is 15.5. The molecule has 0 spiro atoms. The van der Waals surface area contributed by atoms with Crippen molar-refractivity contribution in [2.45, 2.75) is 6.92 Å². The second-order valence-corrected chi connectivity index (χ2v) is 4.83. The van der Waals surface area contributed by atoms with Gasteiger partial charge in [-0.05, 0) is 24.3 Å². The van der Waals surface area contributed by atoms with Crippen LogP contribution in [0.15, 0.2) is 24.3 Å². The second kappa shape index (κ2) is 7.14. The molecule has 0 aliphatic carbocycles. The summed E-state index contributed by atoms with van der Waals surface area (Å²) in [7, 11) is 1.66.